The number of rotatable bonds is 5. The molecule has 1 aromatic heterocycles. The van der Waals surface area contributed by atoms with Crippen molar-refractivity contribution in [3.63, 3.8) is 0 Å². The van der Waals surface area contributed by atoms with Crippen molar-refractivity contribution in [2.45, 2.75) is 13.1 Å². The van der Waals surface area contributed by atoms with Crippen LogP contribution < -0.4 is 10.6 Å². The van der Waals surface area contributed by atoms with E-state index in [0.29, 0.717) is 16.8 Å². The Labute approximate surface area is 186 Å². The number of aromatic nitrogens is 2. The molecule has 2 amide bonds. The van der Waals surface area contributed by atoms with Crippen LogP contribution in [0.15, 0.2) is 61.2 Å². The maximum atomic E-state index is 12.9. The second kappa shape index (κ2) is 9.61. The first-order valence-electron chi connectivity index (χ1n) is 9.16. The average Bonchev–Trinajstić information content (AvgIpc) is 2.75. The van der Waals surface area contributed by atoms with Gasteiger partial charge in [-0.25, -0.2) is 9.97 Å². The van der Waals surface area contributed by atoms with Crippen LogP contribution in [0.2, 0.25) is 5.02 Å². The molecular formula is C22H16ClF3N4O2. The van der Waals surface area contributed by atoms with E-state index in [2.05, 4.69) is 20.6 Å². The fourth-order valence-corrected chi connectivity index (χ4v) is 2.80. The van der Waals surface area contributed by atoms with Gasteiger partial charge in [-0.1, -0.05) is 17.7 Å². The van der Waals surface area contributed by atoms with Gasteiger partial charge >= 0.3 is 6.18 Å². The fraction of sp³-hybridized carbons (Fsp3) is 0.0909. The lowest BCUT2D eigenvalue weighted by Gasteiger charge is -2.13. The Morgan fingerprint density at radius 1 is 1.00 bits per heavy atom. The molecule has 0 saturated carbocycles. The number of aryl methyl sites for hydroxylation is 1. The summed E-state index contributed by atoms with van der Waals surface area (Å²) in [4.78, 5) is 32.5. The minimum Gasteiger partial charge on any atom is -0.322 e. The van der Waals surface area contributed by atoms with E-state index < -0.39 is 23.6 Å². The van der Waals surface area contributed by atoms with Gasteiger partial charge in [0.1, 0.15) is 6.33 Å². The van der Waals surface area contributed by atoms with Crippen molar-refractivity contribution >= 4 is 40.9 Å². The highest BCUT2D eigenvalue weighted by molar-refractivity contribution is 6.34. The molecule has 6 nitrogen and oxygen atoms in total. The van der Waals surface area contributed by atoms with Crippen LogP contribution in [0.1, 0.15) is 27.0 Å². The predicted octanol–water partition coefficient (Wildman–Crippen LogP) is 5.36. The van der Waals surface area contributed by atoms with Crippen LogP contribution in [0.5, 0.6) is 0 Å². The van der Waals surface area contributed by atoms with Gasteiger partial charge in [0.05, 0.1) is 16.3 Å². The SMILES string of the molecule is Cc1ccc(C(=O)Nc2cc(C(F)(F)F)ccc2Cl)cc1NC(=O)/C=C/c1cncnc1. The van der Waals surface area contributed by atoms with Gasteiger partial charge in [-0.05, 0) is 48.9 Å². The van der Waals surface area contributed by atoms with E-state index >= 15 is 0 Å². The molecule has 0 radical (unpaired) electrons. The van der Waals surface area contributed by atoms with Crippen molar-refractivity contribution in [1.82, 2.24) is 9.97 Å². The van der Waals surface area contributed by atoms with Gasteiger partial charge in [0, 0.05) is 35.3 Å². The van der Waals surface area contributed by atoms with Crippen molar-refractivity contribution in [1.29, 1.82) is 0 Å². The van der Waals surface area contributed by atoms with Crippen molar-refractivity contribution in [2.24, 2.45) is 0 Å². The molecule has 0 spiro atoms. The van der Waals surface area contributed by atoms with E-state index in [1.807, 2.05) is 0 Å². The Morgan fingerprint density at radius 2 is 1.72 bits per heavy atom. The van der Waals surface area contributed by atoms with Crippen molar-refractivity contribution < 1.29 is 22.8 Å². The summed E-state index contributed by atoms with van der Waals surface area (Å²) in [6.07, 6.45) is 2.66. The molecule has 0 atom stereocenters. The number of alkyl halides is 3. The van der Waals surface area contributed by atoms with Gasteiger partial charge < -0.3 is 10.6 Å². The molecule has 0 aliphatic carbocycles. The van der Waals surface area contributed by atoms with Gasteiger partial charge in [-0.3, -0.25) is 9.59 Å². The zero-order chi connectivity index (χ0) is 23.3. The van der Waals surface area contributed by atoms with Crippen LogP contribution in [0, 0.1) is 6.92 Å². The topological polar surface area (TPSA) is 84.0 Å². The summed E-state index contributed by atoms with van der Waals surface area (Å²) in [5, 5.41) is 4.99. The summed E-state index contributed by atoms with van der Waals surface area (Å²) >= 11 is 5.93. The number of carbonyl (C=O) groups excluding carboxylic acids is 2. The lowest BCUT2D eigenvalue weighted by atomic mass is 10.1. The summed E-state index contributed by atoms with van der Waals surface area (Å²) in [6, 6.07) is 7.16. The van der Waals surface area contributed by atoms with Crippen molar-refractivity contribution in [3.05, 3.63) is 88.5 Å². The van der Waals surface area contributed by atoms with Crippen molar-refractivity contribution in [3.8, 4) is 0 Å². The summed E-state index contributed by atoms with van der Waals surface area (Å²) in [7, 11) is 0. The van der Waals surface area contributed by atoms with Gasteiger partial charge in [-0.15, -0.1) is 0 Å². The first-order chi connectivity index (χ1) is 15.1. The summed E-state index contributed by atoms with van der Waals surface area (Å²) in [5.41, 5.74) is 0.691. The second-order valence-electron chi connectivity index (χ2n) is 6.67. The van der Waals surface area contributed by atoms with E-state index in [9.17, 15) is 22.8 Å². The summed E-state index contributed by atoms with van der Waals surface area (Å²) in [6.45, 7) is 1.73. The standard InChI is InChI=1S/C22H16ClF3N4O2/c1-13-2-4-15(8-18(13)29-20(31)7-3-14-10-27-12-28-11-14)21(32)30-19-9-16(22(24,25)26)5-6-17(19)23/h2-12H,1H3,(H,29,31)(H,30,32)/b7-3+. The molecule has 0 fully saturated rings. The molecule has 0 aliphatic rings. The zero-order valence-electron chi connectivity index (χ0n) is 16.6. The highest BCUT2D eigenvalue weighted by Crippen LogP contribution is 2.34. The molecule has 2 N–H and O–H groups in total. The monoisotopic (exact) mass is 460 g/mol. The number of anilines is 2. The molecule has 0 bridgehead atoms. The molecule has 0 aliphatic heterocycles. The lowest BCUT2D eigenvalue weighted by molar-refractivity contribution is -0.137. The average molecular weight is 461 g/mol. The minimum absolute atomic E-state index is 0.0398. The zero-order valence-corrected chi connectivity index (χ0v) is 17.3. The highest BCUT2D eigenvalue weighted by atomic mass is 35.5. The lowest BCUT2D eigenvalue weighted by Crippen LogP contribution is -2.15. The smallest absolute Gasteiger partial charge is 0.322 e. The van der Waals surface area contributed by atoms with Crippen LogP contribution in [0.25, 0.3) is 6.08 Å². The molecule has 2 aromatic carbocycles. The van der Waals surface area contributed by atoms with E-state index in [-0.39, 0.29) is 16.3 Å². The number of benzene rings is 2. The number of amides is 2. The molecule has 3 rings (SSSR count). The number of nitrogens with zero attached hydrogens (tertiary/aromatic N) is 2. The molecule has 10 heteroatoms. The predicted molar refractivity (Wildman–Crippen MR) is 115 cm³/mol. The van der Waals surface area contributed by atoms with Gasteiger partial charge in [0.25, 0.3) is 5.91 Å². The first-order valence-corrected chi connectivity index (χ1v) is 9.54. The molecule has 32 heavy (non-hydrogen) atoms. The molecule has 0 saturated heterocycles. The normalized spacial score (nSPS) is 11.4. The molecule has 3 aromatic rings. The summed E-state index contributed by atoms with van der Waals surface area (Å²) < 4.78 is 38.8. The third kappa shape index (κ3) is 5.92. The van der Waals surface area contributed by atoms with E-state index in [1.165, 1.54) is 43.0 Å². The number of hydrogen-bond acceptors (Lipinski definition) is 4. The Balaban J connectivity index is 1.76. The highest BCUT2D eigenvalue weighted by Gasteiger charge is 2.31. The first kappa shape index (κ1) is 23.0. The van der Waals surface area contributed by atoms with Gasteiger partial charge in [-0.2, -0.15) is 13.2 Å². The number of hydrogen-bond donors (Lipinski definition) is 2. The third-order valence-electron chi connectivity index (χ3n) is 4.31. The number of nitrogens with one attached hydrogen (secondary N) is 2. The van der Waals surface area contributed by atoms with Crippen LogP contribution >= 0.6 is 11.6 Å². The number of halogens is 4. The van der Waals surface area contributed by atoms with Crippen LogP contribution in [0.3, 0.4) is 0 Å². The van der Waals surface area contributed by atoms with Crippen LogP contribution in [-0.2, 0) is 11.0 Å². The fourth-order valence-electron chi connectivity index (χ4n) is 2.63. The number of carbonyl (C=O) groups is 2. The Bertz CT molecular complexity index is 1180. The Hall–Kier alpha value is -3.72. The second-order valence-corrected chi connectivity index (χ2v) is 7.08. The molecule has 1 heterocycles. The maximum absolute atomic E-state index is 12.9. The molecule has 0 unspecified atom stereocenters. The Morgan fingerprint density at radius 3 is 2.41 bits per heavy atom. The van der Waals surface area contributed by atoms with E-state index in [0.717, 1.165) is 18.2 Å². The molecule has 164 valence electrons. The van der Waals surface area contributed by atoms with E-state index in [1.54, 1.807) is 13.0 Å². The van der Waals surface area contributed by atoms with Gasteiger partial charge in [0.2, 0.25) is 5.91 Å². The third-order valence-corrected chi connectivity index (χ3v) is 4.64. The molecular weight excluding hydrogens is 445 g/mol. The summed E-state index contributed by atoms with van der Waals surface area (Å²) in [5.74, 6) is -1.13. The van der Waals surface area contributed by atoms with Crippen molar-refractivity contribution in [2.75, 3.05) is 10.6 Å². The van der Waals surface area contributed by atoms with Gasteiger partial charge in [0.15, 0.2) is 0 Å². The van der Waals surface area contributed by atoms with Crippen LogP contribution in [0.4, 0.5) is 24.5 Å². The van der Waals surface area contributed by atoms with Crippen LogP contribution in [-0.4, -0.2) is 21.8 Å². The maximum Gasteiger partial charge on any atom is 0.416 e. The minimum atomic E-state index is -4.58. The largest absolute Gasteiger partial charge is 0.416 e. The van der Waals surface area contributed by atoms with E-state index in [4.69, 9.17) is 11.6 Å². The Kier molecular flexibility index (Phi) is 6.89. The quantitative estimate of drug-likeness (QED) is 0.502.